The highest BCUT2D eigenvalue weighted by Crippen LogP contribution is 2.38. The van der Waals surface area contributed by atoms with Crippen LogP contribution < -0.4 is 9.04 Å². The molecule has 0 aliphatic carbocycles. The van der Waals surface area contributed by atoms with Gasteiger partial charge in [-0.15, -0.1) is 0 Å². The van der Waals surface area contributed by atoms with Gasteiger partial charge in [0.1, 0.15) is 17.4 Å². The molecule has 4 aromatic carbocycles. The lowest BCUT2D eigenvalue weighted by Gasteiger charge is -2.32. The van der Waals surface area contributed by atoms with E-state index in [1.807, 2.05) is 19.1 Å². The SMILES string of the molecule is Cc1ccc(C(=O)N(C)CCCOc2ccccc2C(C)N(c2cc(F)ccc2F)S(=O)(=O)c2ccc(Cl)cc2)cc1. The van der Waals surface area contributed by atoms with Gasteiger partial charge in [0.05, 0.1) is 23.2 Å². The molecule has 0 aromatic heterocycles. The number of nitrogens with zero attached hydrogens (tertiary/aromatic N) is 2. The van der Waals surface area contributed by atoms with E-state index in [0.717, 1.165) is 28.1 Å². The molecule has 1 atom stereocenters. The van der Waals surface area contributed by atoms with Crippen molar-refractivity contribution in [3.05, 3.63) is 124 Å². The zero-order chi connectivity index (χ0) is 30.4. The van der Waals surface area contributed by atoms with Gasteiger partial charge >= 0.3 is 0 Å². The van der Waals surface area contributed by atoms with Crippen LogP contribution in [0.5, 0.6) is 5.75 Å². The van der Waals surface area contributed by atoms with Crippen LogP contribution in [-0.4, -0.2) is 39.4 Å². The molecule has 0 aliphatic rings. The molecule has 1 amide bonds. The zero-order valence-electron chi connectivity index (χ0n) is 23.4. The molecule has 0 bridgehead atoms. The Labute approximate surface area is 250 Å². The predicted octanol–water partition coefficient (Wildman–Crippen LogP) is 7.42. The van der Waals surface area contributed by atoms with Crippen molar-refractivity contribution in [2.75, 3.05) is 24.5 Å². The van der Waals surface area contributed by atoms with E-state index in [1.54, 1.807) is 55.3 Å². The number of halogens is 3. The third kappa shape index (κ3) is 7.09. The Morgan fingerprint density at radius 1 is 0.952 bits per heavy atom. The first kappa shape index (κ1) is 31.0. The molecule has 4 rings (SSSR count). The minimum absolute atomic E-state index is 0.107. The molecule has 0 heterocycles. The van der Waals surface area contributed by atoms with Crippen molar-refractivity contribution < 1.29 is 26.7 Å². The summed E-state index contributed by atoms with van der Waals surface area (Å²) in [6.07, 6.45) is 0.502. The third-order valence-corrected chi connectivity index (χ3v) is 8.93. The minimum Gasteiger partial charge on any atom is -0.493 e. The lowest BCUT2D eigenvalue weighted by Crippen LogP contribution is -2.34. The Hall–Kier alpha value is -3.95. The Bertz CT molecular complexity index is 1650. The lowest BCUT2D eigenvalue weighted by molar-refractivity contribution is 0.0787. The van der Waals surface area contributed by atoms with E-state index in [4.69, 9.17) is 16.3 Å². The maximum absolute atomic E-state index is 15.1. The summed E-state index contributed by atoms with van der Waals surface area (Å²) in [5, 5.41) is 0.329. The molecule has 0 N–H and O–H groups in total. The predicted molar refractivity (Wildman–Crippen MR) is 161 cm³/mol. The fourth-order valence-corrected chi connectivity index (χ4v) is 6.27. The number of aryl methyl sites for hydroxylation is 1. The van der Waals surface area contributed by atoms with Gasteiger partial charge in [0.25, 0.3) is 15.9 Å². The van der Waals surface area contributed by atoms with Crippen LogP contribution in [0.4, 0.5) is 14.5 Å². The summed E-state index contributed by atoms with van der Waals surface area (Å²) in [5.41, 5.74) is 1.66. The molecule has 0 aliphatic heterocycles. The molecule has 0 spiro atoms. The van der Waals surface area contributed by atoms with Crippen molar-refractivity contribution in [3.8, 4) is 5.75 Å². The summed E-state index contributed by atoms with van der Waals surface area (Å²) >= 11 is 5.96. The van der Waals surface area contributed by atoms with Gasteiger partial charge < -0.3 is 9.64 Å². The second-order valence-electron chi connectivity index (χ2n) is 9.86. The number of hydrogen-bond donors (Lipinski definition) is 0. The molecule has 0 radical (unpaired) electrons. The number of benzene rings is 4. The van der Waals surface area contributed by atoms with Gasteiger partial charge in [-0.25, -0.2) is 17.2 Å². The van der Waals surface area contributed by atoms with Crippen LogP contribution >= 0.6 is 11.6 Å². The van der Waals surface area contributed by atoms with E-state index >= 15 is 4.39 Å². The first-order chi connectivity index (χ1) is 20.0. The smallest absolute Gasteiger partial charge is 0.264 e. The highest BCUT2D eigenvalue weighted by molar-refractivity contribution is 7.92. The summed E-state index contributed by atoms with van der Waals surface area (Å²) in [7, 11) is -2.67. The highest BCUT2D eigenvalue weighted by Gasteiger charge is 2.34. The summed E-state index contributed by atoms with van der Waals surface area (Å²) in [6, 6.07) is 21.3. The Kier molecular flexibility index (Phi) is 9.85. The normalized spacial score (nSPS) is 12.0. The highest BCUT2D eigenvalue weighted by atomic mass is 35.5. The first-order valence-electron chi connectivity index (χ1n) is 13.3. The van der Waals surface area contributed by atoms with Crippen LogP contribution in [0.1, 0.15) is 40.9 Å². The number of para-hydroxylation sites is 1. The molecular formula is C32H31ClF2N2O4S. The average molecular weight is 613 g/mol. The van der Waals surface area contributed by atoms with Crippen LogP contribution in [0.15, 0.2) is 95.9 Å². The Morgan fingerprint density at radius 2 is 1.62 bits per heavy atom. The second kappa shape index (κ2) is 13.4. The summed E-state index contributed by atoms with van der Waals surface area (Å²) in [6.45, 7) is 4.19. The lowest BCUT2D eigenvalue weighted by atomic mass is 10.1. The van der Waals surface area contributed by atoms with E-state index in [9.17, 15) is 17.6 Å². The molecule has 4 aromatic rings. The van der Waals surface area contributed by atoms with Crippen LogP contribution in [0, 0.1) is 18.6 Å². The average Bonchev–Trinajstić information content (AvgIpc) is 2.97. The number of sulfonamides is 1. The third-order valence-electron chi connectivity index (χ3n) is 6.78. The largest absolute Gasteiger partial charge is 0.493 e. The molecule has 10 heteroatoms. The Morgan fingerprint density at radius 3 is 2.31 bits per heavy atom. The van der Waals surface area contributed by atoms with E-state index in [1.165, 1.54) is 24.3 Å². The molecular weight excluding hydrogens is 582 g/mol. The number of ether oxygens (including phenoxy) is 1. The maximum Gasteiger partial charge on any atom is 0.264 e. The van der Waals surface area contributed by atoms with Gasteiger partial charge in [-0.2, -0.15) is 0 Å². The monoisotopic (exact) mass is 612 g/mol. The molecule has 6 nitrogen and oxygen atoms in total. The molecule has 0 saturated heterocycles. The number of amides is 1. The van der Waals surface area contributed by atoms with Crippen LogP contribution in [0.3, 0.4) is 0 Å². The van der Waals surface area contributed by atoms with Crippen LogP contribution in [0.25, 0.3) is 0 Å². The van der Waals surface area contributed by atoms with Crippen molar-refractivity contribution in [2.45, 2.75) is 31.2 Å². The summed E-state index contributed by atoms with van der Waals surface area (Å²) in [4.78, 5) is 14.2. The van der Waals surface area contributed by atoms with Crippen LogP contribution in [-0.2, 0) is 10.0 Å². The van der Waals surface area contributed by atoms with Crippen molar-refractivity contribution in [2.24, 2.45) is 0 Å². The van der Waals surface area contributed by atoms with Crippen molar-refractivity contribution in [1.29, 1.82) is 0 Å². The number of anilines is 1. The quantitative estimate of drug-likeness (QED) is 0.165. The minimum atomic E-state index is -4.38. The van der Waals surface area contributed by atoms with Crippen molar-refractivity contribution >= 4 is 33.2 Å². The molecule has 0 fully saturated rings. The molecule has 1 unspecified atom stereocenters. The fourth-order valence-electron chi connectivity index (χ4n) is 4.51. The van der Waals surface area contributed by atoms with Gasteiger partial charge in [0.15, 0.2) is 0 Å². The molecule has 0 saturated carbocycles. The van der Waals surface area contributed by atoms with Gasteiger partial charge in [0, 0.05) is 35.8 Å². The van der Waals surface area contributed by atoms with Crippen molar-refractivity contribution in [1.82, 2.24) is 4.90 Å². The number of carbonyl (C=O) groups is 1. The second-order valence-corrected chi connectivity index (χ2v) is 12.1. The number of hydrogen-bond acceptors (Lipinski definition) is 4. The Balaban J connectivity index is 1.57. The zero-order valence-corrected chi connectivity index (χ0v) is 25.0. The molecule has 220 valence electrons. The first-order valence-corrected chi connectivity index (χ1v) is 15.1. The topological polar surface area (TPSA) is 66.9 Å². The summed E-state index contributed by atoms with van der Waals surface area (Å²) < 4.78 is 64.0. The number of rotatable bonds is 11. The van der Waals surface area contributed by atoms with Gasteiger partial charge in [-0.05, 0) is 74.9 Å². The van der Waals surface area contributed by atoms with E-state index in [0.29, 0.717) is 34.9 Å². The van der Waals surface area contributed by atoms with E-state index in [-0.39, 0.29) is 17.4 Å². The fraction of sp³-hybridized carbons (Fsp3) is 0.219. The van der Waals surface area contributed by atoms with E-state index < -0.39 is 33.4 Å². The van der Waals surface area contributed by atoms with E-state index in [2.05, 4.69) is 0 Å². The van der Waals surface area contributed by atoms with Crippen molar-refractivity contribution in [3.63, 3.8) is 0 Å². The molecule has 42 heavy (non-hydrogen) atoms. The van der Waals surface area contributed by atoms with Gasteiger partial charge in [-0.1, -0.05) is 47.5 Å². The van der Waals surface area contributed by atoms with Crippen LogP contribution in [0.2, 0.25) is 5.02 Å². The standard InChI is InChI=1S/C32H31ClF2N2O4S/c1-22-9-11-24(12-10-22)32(38)36(3)19-6-20-41-31-8-5-4-7-28(31)23(2)37(30-21-26(34)15-18-29(30)35)42(39,40)27-16-13-25(33)14-17-27/h4-5,7-18,21,23H,6,19-20H2,1-3H3. The maximum atomic E-state index is 15.1. The van der Waals surface area contributed by atoms with Gasteiger partial charge in [-0.3, -0.25) is 9.10 Å². The van der Waals surface area contributed by atoms with Gasteiger partial charge in [0.2, 0.25) is 0 Å². The number of carbonyl (C=O) groups excluding carboxylic acids is 1. The summed E-state index contributed by atoms with van der Waals surface area (Å²) in [5.74, 6) is -1.42.